The molecule has 8 nitrogen and oxygen atoms in total. The molecule has 3 aromatic rings. The quantitative estimate of drug-likeness (QED) is 0.705. The zero-order chi connectivity index (χ0) is 18.8. The van der Waals surface area contributed by atoms with Crippen LogP contribution in [0.4, 0.5) is 0 Å². The van der Waals surface area contributed by atoms with E-state index in [1.165, 1.54) is 0 Å². The molecule has 8 heteroatoms. The van der Waals surface area contributed by atoms with E-state index in [1.54, 1.807) is 21.8 Å². The lowest BCUT2D eigenvalue weighted by Gasteiger charge is -2.32. The largest absolute Gasteiger partial charge is 0.418 e. The molecule has 4 rings (SSSR count). The number of aromatic nitrogens is 5. The Hall–Kier alpha value is -3.03. The summed E-state index contributed by atoms with van der Waals surface area (Å²) in [6.45, 7) is 5.31. The maximum absolute atomic E-state index is 13.0. The van der Waals surface area contributed by atoms with Gasteiger partial charge in [-0.1, -0.05) is 0 Å². The van der Waals surface area contributed by atoms with Crippen LogP contribution < -0.4 is 0 Å². The molecule has 1 unspecified atom stereocenters. The Labute approximate surface area is 157 Å². The molecule has 0 saturated carbocycles. The second kappa shape index (κ2) is 7.30. The van der Waals surface area contributed by atoms with E-state index in [0.717, 1.165) is 37.1 Å². The zero-order valence-electron chi connectivity index (χ0n) is 15.5. The van der Waals surface area contributed by atoms with Gasteiger partial charge in [0.25, 0.3) is 5.91 Å². The van der Waals surface area contributed by atoms with Crippen LogP contribution in [0.25, 0.3) is 11.5 Å². The molecule has 0 N–H and O–H groups in total. The third-order valence-corrected chi connectivity index (χ3v) is 4.83. The molecular weight excluding hydrogens is 344 g/mol. The first-order valence-corrected chi connectivity index (χ1v) is 9.26. The van der Waals surface area contributed by atoms with Crippen molar-refractivity contribution < 1.29 is 9.21 Å². The van der Waals surface area contributed by atoms with Gasteiger partial charge in [-0.05, 0) is 51.3 Å². The predicted octanol–water partition coefficient (Wildman–Crippen LogP) is 3.02. The smallest absolute Gasteiger partial charge is 0.275 e. The summed E-state index contributed by atoms with van der Waals surface area (Å²) in [7, 11) is 0. The molecule has 1 aliphatic rings. The van der Waals surface area contributed by atoms with E-state index in [4.69, 9.17) is 4.42 Å². The summed E-state index contributed by atoms with van der Waals surface area (Å²) in [6.07, 6.45) is 6.31. The molecular formula is C19H22N6O2. The fourth-order valence-electron chi connectivity index (χ4n) is 3.31. The Bertz CT molecular complexity index is 930. The van der Waals surface area contributed by atoms with Crippen molar-refractivity contribution in [1.82, 2.24) is 29.9 Å². The van der Waals surface area contributed by atoms with Gasteiger partial charge in [0.15, 0.2) is 0 Å². The first kappa shape index (κ1) is 17.4. The van der Waals surface area contributed by atoms with Gasteiger partial charge >= 0.3 is 0 Å². The van der Waals surface area contributed by atoms with Gasteiger partial charge in [0.1, 0.15) is 11.7 Å². The van der Waals surface area contributed by atoms with Crippen LogP contribution >= 0.6 is 0 Å². The molecule has 1 amide bonds. The number of hydrogen-bond acceptors (Lipinski definition) is 6. The highest BCUT2D eigenvalue weighted by Crippen LogP contribution is 2.32. The van der Waals surface area contributed by atoms with E-state index in [0.29, 0.717) is 24.0 Å². The van der Waals surface area contributed by atoms with E-state index in [2.05, 4.69) is 20.3 Å². The third-order valence-electron chi connectivity index (χ3n) is 4.83. The second-order valence-corrected chi connectivity index (χ2v) is 6.70. The highest BCUT2D eigenvalue weighted by molar-refractivity contribution is 5.92. The summed E-state index contributed by atoms with van der Waals surface area (Å²) in [6, 6.07) is 5.34. The third kappa shape index (κ3) is 3.47. The minimum Gasteiger partial charge on any atom is -0.418 e. The second-order valence-electron chi connectivity index (χ2n) is 6.70. The Morgan fingerprint density at radius 1 is 1.26 bits per heavy atom. The van der Waals surface area contributed by atoms with Crippen molar-refractivity contribution in [1.29, 1.82) is 0 Å². The zero-order valence-corrected chi connectivity index (χ0v) is 15.5. The highest BCUT2D eigenvalue weighted by Gasteiger charge is 2.33. The molecule has 140 valence electrons. The molecule has 4 heterocycles. The maximum atomic E-state index is 13.0. The highest BCUT2D eigenvalue weighted by atomic mass is 16.4. The fraction of sp³-hybridized carbons (Fsp3) is 0.421. The summed E-state index contributed by atoms with van der Waals surface area (Å²) in [5.74, 6) is 0.794. The monoisotopic (exact) mass is 366 g/mol. The molecule has 27 heavy (non-hydrogen) atoms. The summed E-state index contributed by atoms with van der Waals surface area (Å²) in [5.41, 5.74) is 2.15. The van der Waals surface area contributed by atoms with Gasteiger partial charge in [-0.2, -0.15) is 5.10 Å². The molecule has 0 spiro atoms. The number of aryl methyl sites for hydroxylation is 2. The normalized spacial score (nSPS) is 17.3. The topological polar surface area (TPSA) is 89.9 Å². The van der Waals surface area contributed by atoms with Gasteiger partial charge in [0.05, 0.1) is 5.56 Å². The van der Waals surface area contributed by atoms with Crippen LogP contribution in [-0.2, 0) is 6.54 Å². The number of nitrogens with zero attached hydrogens (tertiary/aromatic N) is 6. The number of likely N-dealkylation sites (tertiary alicyclic amines) is 1. The summed E-state index contributed by atoms with van der Waals surface area (Å²) < 4.78 is 7.66. The Morgan fingerprint density at radius 2 is 2.15 bits per heavy atom. The van der Waals surface area contributed by atoms with Crippen LogP contribution in [-0.4, -0.2) is 42.3 Å². The number of carbonyl (C=O) groups excluding carboxylic acids is 1. The van der Waals surface area contributed by atoms with Gasteiger partial charge in [0, 0.05) is 31.2 Å². The summed E-state index contributed by atoms with van der Waals surface area (Å²) in [5, 5.41) is 12.7. The summed E-state index contributed by atoms with van der Waals surface area (Å²) in [4.78, 5) is 19.0. The van der Waals surface area contributed by atoms with Crippen molar-refractivity contribution in [2.24, 2.45) is 0 Å². The number of amides is 1. The van der Waals surface area contributed by atoms with Crippen molar-refractivity contribution in [2.45, 2.75) is 45.7 Å². The maximum Gasteiger partial charge on any atom is 0.275 e. The lowest BCUT2D eigenvalue weighted by Crippen LogP contribution is -2.39. The van der Waals surface area contributed by atoms with Crippen molar-refractivity contribution in [3.05, 3.63) is 47.9 Å². The van der Waals surface area contributed by atoms with Crippen molar-refractivity contribution in [3.8, 4) is 11.5 Å². The van der Waals surface area contributed by atoms with Crippen LogP contribution in [0.15, 0.2) is 35.0 Å². The molecule has 1 atom stereocenters. The molecule has 0 aromatic carbocycles. The van der Waals surface area contributed by atoms with Gasteiger partial charge < -0.3 is 9.32 Å². The molecule has 1 aliphatic heterocycles. The Morgan fingerprint density at radius 3 is 2.89 bits per heavy atom. The van der Waals surface area contributed by atoms with E-state index in [-0.39, 0.29) is 11.9 Å². The van der Waals surface area contributed by atoms with Crippen molar-refractivity contribution >= 4 is 5.91 Å². The van der Waals surface area contributed by atoms with E-state index >= 15 is 0 Å². The minimum absolute atomic E-state index is 0.0938. The molecule has 3 aromatic heterocycles. The van der Waals surface area contributed by atoms with Crippen LogP contribution in [0.3, 0.4) is 0 Å². The number of pyridine rings is 1. The molecule has 1 saturated heterocycles. The number of piperidine rings is 1. The molecule has 0 aliphatic carbocycles. The lowest BCUT2D eigenvalue weighted by molar-refractivity contribution is 0.0565. The number of hydrogen-bond donors (Lipinski definition) is 0. The standard InChI is InChI=1S/C19H22N6O2/c1-3-24-11-9-15(23-24)19(26)25-10-5-4-6-16(25)18-22-21-17(27-18)14-8-7-13(2)20-12-14/h7-9,11-12,16H,3-6,10H2,1-2H3. The van der Waals surface area contributed by atoms with Crippen molar-refractivity contribution in [2.75, 3.05) is 6.54 Å². The van der Waals surface area contributed by atoms with Gasteiger partial charge in [-0.15, -0.1) is 10.2 Å². The average molecular weight is 366 g/mol. The number of rotatable bonds is 4. The van der Waals surface area contributed by atoms with Crippen LogP contribution in [0.1, 0.15) is 54.3 Å². The molecule has 1 fully saturated rings. The Kier molecular flexibility index (Phi) is 4.70. The first-order chi connectivity index (χ1) is 13.2. The SMILES string of the molecule is CCn1ccc(C(=O)N2CCCCC2c2nnc(-c3ccc(C)nc3)o2)n1. The fourth-order valence-corrected chi connectivity index (χ4v) is 3.31. The molecule has 0 bridgehead atoms. The minimum atomic E-state index is -0.224. The first-order valence-electron chi connectivity index (χ1n) is 9.26. The van der Waals surface area contributed by atoms with Gasteiger partial charge in [0.2, 0.25) is 11.8 Å². The van der Waals surface area contributed by atoms with E-state index < -0.39 is 0 Å². The number of carbonyl (C=O) groups is 1. The van der Waals surface area contributed by atoms with Crippen LogP contribution in [0.2, 0.25) is 0 Å². The lowest BCUT2D eigenvalue weighted by atomic mass is 10.0. The van der Waals surface area contributed by atoms with E-state index in [1.807, 2.05) is 32.2 Å². The Balaban J connectivity index is 1.59. The van der Waals surface area contributed by atoms with Crippen LogP contribution in [0, 0.1) is 6.92 Å². The van der Waals surface area contributed by atoms with Crippen LogP contribution in [0.5, 0.6) is 0 Å². The predicted molar refractivity (Wildman–Crippen MR) is 97.8 cm³/mol. The molecule has 0 radical (unpaired) electrons. The van der Waals surface area contributed by atoms with E-state index in [9.17, 15) is 4.79 Å². The average Bonchev–Trinajstić information content (AvgIpc) is 3.38. The summed E-state index contributed by atoms with van der Waals surface area (Å²) >= 11 is 0. The van der Waals surface area contributed by atoms with Crippen molar-refractivity contribution in [3.63, 3.8) is 0 Å². The van der Waals surface area contributed by atoms with Gasteiger partial charge in [-0.3, -0.25) is 14.5 Å². The van der Waals surface area contributed by atoms with Gasteiger partial charge in [-0.25, -0.2) is 0 Å².